The molecule has 0 aromatic heterocycles. The van der Waals surface area contributed by atoms with Crippen molar-refractivity contribution in [1.82, 2.24) is 9.80 Å². The summed E-state index contributed by atoms with van der Waals surface area (Å²) in [6.45, 7) is 2.64. The van der Waals surface area contributed by atoms with Crippen LogP contribution in [0.1, 0.15) is 30.4 Å². The third-order valence-corrected chi connectivity index (χ3v) is 7.37. The number of imide groups is 1. The fraction of sp³-hybridized carbons (Fsp3) is 0.391. The smallest absolute Gasteiger partial charge is 0.236 e. The molecule has 0 saturated carbocycles. The van der Waals surface area contributed by atoms with Gasteiger partial charge in [0.1, 0.15) is 0 Å². The van der Waals surface area contributed by atoms with E-state index >= 15 is 0 Å². The summed E-state index contributed by atoms with van der Waals surface area (Å²) in [7, 11) is -3.27. The molecule has 1 spiro atoms. The van der Waals surface area contributed by atoms with Crippen LogP contribution >= 0.6 is 0 Å². The van der Waals surface area contributed by atoms with Gasteiger partial charge in [-0.15, -0.1) is 0 Å². The molecule has 2 aliphatic heterocycles. The van der Waals surface area contributed by atoms with E-state index in [1.54, 1.807) is 12.1 Å². The van der Waals surface area contributed by atoms with E-state index in [1.165, 1.54) is 22.6 Å². The lowest BCUT2D eigenvalue weighted by atomic mass is 9.77. The van der Waals surface area contributed by atoms with Crippen molar-refractivity contribution < 1.29 is 18.0 Å². The molecule has 2 fully saturated rings. The zero-order valence-electron chi connectivity index (χ0n) is 17.1. The molecule has 0 unspecified atom stereocenters. The van der Waals surface area contributed by atoms with Gasteiger partial charge in [0.2, 0.25) is 11.8 Å². The molecule has 0 radical (unpaired) electrons. The van der Waals surface area contributed by atoms with Gasteiger partial charge in [0, 0.05) is 19.2 Å². The van der Waals surface area contributed by atoms with Crippen LogP contribution in [0.5, 0.6) is 0 Å². The van der Waals surface area contributed by atoms with Crippen LogP contribution in [-0.4, -0.2) is 49.4 Å². The van der Waals surface area contributed by atoms with Crippen LogP contribution in [0.25, 0.3) is 0 Å². The van der Waals surface area contributed by atoms with Crippen molar-refractivity contribution in [2.45, 2.75) is 37.2 Å². The average Bonchev–Trinajstić information content (AvgIpc) is 2.94. The van der Waals surface area contributed by atoms with Crippen LogP contribution in [0.15, 0.2) is 59.5 Å². The Labute approximate surface area is 177 Å². The Hall–Kier alpha value is -2.51. The number of hydrogen-bond acceptors (Lipinski definition) is 5. The van der Waals surface area contributed by atoms with Crippen LogP contribution in [0.4, 0.5) is 0 Å². The van der Waals surface area contributed by atoms with E-state index in [9.17, 15) is 18.0 Å². The fourth-order valence-electron chi connectivity index (χ4n) is 4.42. The first-order chi connectivity index (χ1) is 14.3. The summed E-state index contributed by atoms with van der Waals surface area (Å²) < 4.78 is 23.2. The summed E-state index contributed by atoms with van der Waals surface area (Å²) in [6.07, 6.45) is 2.80. The van der Waals surface area contributed by atoms with Gasteiger partial charge in [0.05, 0.1) is 16.9 Å². The van der Waals surface area contributed by atoms with Crippen molar-refractivity contribution in [3.63, 3.8) is 0 Å². The van der Waals surface area contributed by atoms with E-state index in [0.29, 0.717) is 12.8 Å². The highest BCUT2D eigenvalue weighted by molar-refractivity contribution is 7.90. The zero-order valence-corrected chi connectivity index (χ0v) is 17.9. The van der Waals surface area contributed by atoms with Crippen LogP contribution in [-0.2, 0) is 32.5 Å². The summed E-state index contributed by atoms with van der Waals surface area (Å²) in [5, 5.41) is 0. The van der Waals surface area contributed by atoms with Crippen molar-refractivity contribution in [3.05, 3.63) is 65.7 Å². The Kier molecular flexibility index (Phi) is 5.51. The molecule has 2 aromatic rings. The standard InChI is InChI=1S/C23H26N2O4S/c1-30(28,29)20-9-7-19(8-10-20)17-25-21(26)15-23(22(25)27)11-13-24(14-12-23)16-18-5-3-2-4-6-18/h2-10H,11-17H2,1H3. The third-order valence-electron chi connectivity index (χ3n) is 6.24. The number of carbonyl (C=O) groups is 2. The lowest BCUT2D eigenvalue weighted by Crippen LogP contribution is -2.44. The number of likely N-dealkylation sites (tertiary alicyclic amines) is 2. The van der Waals surface area contributed by atoms with Crippen molar-refractivity contribution in [3.8, 4) is 0 Å². The molecule has 0 aliphatic carbocycles. The summed E-state index contributed by atoms with van der Waals surface area (Å²) in [4.78, 5) is 29.8. The Bertz CT molecular complexity index is 1040. The Morgan fingerprint density at radius 1 is 0.867 bits per heavy atom. The maximum absolute atomic E-state index is 13.2. The van der Waals surface area contributed by atoms with Gasteiger partial charge in [-0.05, 0) is 49.2 Å². The van der Waals surface area contributed by atoms with E-state index in [0.717, 1.165) is 31.5 Å². The molecule has 2 amide bonds. The number of rotatable bonds is 5. The maximum atomic E-state index is 13.2. The Morgan fingerprint density at radius 3 is 2.07 bits per heavy atom. The van der Waals surface area contributed by atoms with E-state index < -0.39 is 15.3 Å². The number of amides is 2. The second-order valence-corrected chi connectivity index (χ2v) is 10.4. The van der Waals surface area contributed by atoms with Crippen molar-refractivity contribution in [2.24, 2.45) is 5.41 Å². The zero-order chi connectivity index (χ0) is 21.4. The van der Waals surface area contributed by atoms with Crippen molar-refractivity contribution in [1.29, 1.82) is 0 Å². The first-order valence-corrected chi connectivity index (χ1v) is 12.1. The second-order valence-electron chi connectivity index (χ2n) is 8.42. The summed E-state index contributed by atoms with van der Waals surface area (Å²) in [6, 6.07) is 16.6. The number of piperidine rings is 1. The highest BCUT2D eigenvalue weighted by atomic mass is 32.2. The second kappa shape index (κ2) is 7.96. The highest BCUT2D eigenvalue weighted by Crippen LogP contribution is 2.43. The molecule has 30 heavy (non-hydrogen) atoms. The summed E-state index contributed by atoms with van der Waals surface area (Å²) in [5.74, 6) is -0.220. The quantitative estimate of drug-likeness (QED) is 0.687. The first kappa shape index (κ1) is 20.8. The SMILES string of the molecule is CS(=O)(=O)c1ccc(CN2C(=O)CC3(CCN(Cc4ccccc4)CC3)C2=O)cc1. The minimum atomic E-state index is -3.27. The summed E-state index contributed by atoms with van der Waals surface area (Å²) >= 11 is 0. The van der Waals surface area contributed by atoms with E-state index in [4.69, 9.17) is 0 Å². The Morgan fingerprint density at radius 2 is 1.47 bits per heavy atom. The van der Waals surface area contributed by atoms with Gasteiger partial charge < -0.3 is 0 Å². The van der Waals surface area contributed by atoms with Crippen molar-refractivity contribution >= 4 is 21.7 Å². The molecule has 2 heterocycles. The molecule has 0 atom stereocenters. The van der Waals surface area contributed by atoms with Crippen LogP contribution < -0.4 is 0 Å². The normalized spacial score (nSPS) is 19.6. The topological polar surface area (TPSA) is 74.8 Å². The number of benzene rings is 2. The lowest BCUT2D eigenvalue weighted by Gasteiger charge is -2.37. The van der Waals surface area contributed by atoms with Gasteiger partial charge in [-0.2, -0.15) is 0 Å². The van der Waals surface area contributed by atoms with Gasteiger partial charge in [-0.25, -0.2) is 8.42 Å². The minimum absolute atomic E-state index is 0.0842. The number of hydrogen-bond donors (Lipinski definition) is 0. The molecule has 0 bridgehead atoms. The largest absolute Gasteiger partial charge is 0.299 e. The van der Waals surface area contributed by atoms with Crippen LogP contribution in [0, 0.1) is 5.41 Å². The first-order valence-electron chi connectivity index (χ1n) is 10.2. The predicted octanol–water partition coefficient (Wildman–Crippen LogP) is 2.63. The van der Waals surface area contributed by atoms with E-state index in [-0.39, 0.29) is 29.7 Å². The number of sulfone groups is 1. The molecule has 7 heteroatoms. The van der Waals surface area contributed by atoms with Gasteiger partial charge in [0.15, 0.2) is 9.84 Å². The fourth-order valence-corrected chi connectivity index (χ4v) is 5.05. The maximum Gasteiger partial charge on any atom is 0.236 e. The molecular weight excluding hydrogens is 400 g/mol. The molecule has 158 valence electrons. The van der Waals surface area contributed by atoms with E-state index in [2.05, 4.69) is 17.0 Å². The molecule has 6 nitrogen and oxygen atoms in total. The molecule has 2 aliphatic rings. The molecule has 4 rings (SSSR count). The average molecular weight is 427 g/mol. The minimum Gasteiger partial charge on any atom is -0.299 e. The number of carbonyl (C=O) groups excluding carboxylic acids is 2. The van der Waals surface area contributed by atoms with Crippen molar-refractivity contribution in [2.75, 3.05) is 19.3 Å². The molecule has 0 N–H and O–H groups in total. The Balaban J connectivity index is 1.40. The van der Waals surface area contributed by atoms with Gasteiger partial charge in [0.25, 0.3) is 0 Å². The van der Waals surface area contributed by atoms with E-state index in [1.807, 2.05) is 18.2 Å². The van der Waals surface area contributed by atoms with Crippen LogP contribution in [0.3, 0.4) is 0 Å². The molecule has 2 saturated heterocycles. The van der Waals surface area contributed by atoms with Gasteiger partial charge in [-0.3, -0.25) is 19.4 Å². The highest BCUT2D eigenvalue weighted by Gasteiger charge is 2.52. The monoisotopic (exact) mass is 426 g/mol. The van der Waals surface area contributed by atoms with Gasteiger partial charge >= 0.3 is 0 Å². The summed E-state index contributed by atoms with van der Waals surface area (Å²) in [5.41, 5.74) is 1.42. The number of nitrogens with zero attached hydrogens (tertiary/aromatic N) is 2. The third kappa shape index (κ3) is 4.18. The van der Waals surface area contributed by atoms with Crippen LogP contribution in [0.2, 0.25) is 0 Å². The van der Waals surface area contributed by atoms with Gasteiger partial charge in [-0.1, -0.05) is 42.5 Å². The lowest BCUT2D eigenvalue weighted by molar-refractivity contribution is -0.143. The molecular formula is C23H26N2O4S. The predicted molar refractivity (Wildman–Crippen MR) is 113 cm³/mol. The molecule has 2 aromatic carbocycles.